The molecule has 0 saturated carbocycles. The van der Waals surface area contributed by atoms with E-state index in [-0.39, 0.29) is 23.8 Å². The first-order valence-electron chi connectivity index (χ1n) is 9.99. The predicted molar refractivity (Wildman–Crippen MR) is 107 cm³/mol. The quantitative estimate of drug-likeness (QED) is 0.611. The molecule has 0 N–H and O–H groups in total. The first kappa shape index (κ1) is 18.6. The van der Waals surface area contributed by atoms with Crippen LogP contribution < -0.4 is 0 Å². The van der Waals surface area contributed by atoms with E-state index in [1.165, 1.54) is 0 Å². The van der Waals surface area contributed by atoms with E-state index in [0.29, 0.717) is 11.1 Å². The lowest BCUT2D eigenvalue weighted by Crippen LogP contribution is -2.48. The van der Waals surface area contributed by atoms with E-state index in [4.69, 9.17) is 0 Å². The average Bonchev–Trinajstić information content (AvgIpc) is 2.81. The van der Waals surface area contributed by atoms with Gasteiger partial charge in [-0.25, -0.2) is 0 Å². The Labute approximate surface area is 156 Å². The monoisotopic (exact) mass is 351 g/mol. The number of amides is 2. The van der Waals surface area contributed by atoms with Crippen molar-refractivity contribution in [1.82, 2.24) is 4.90 Å². The Bertz CT molecular complexity index is 751. The number of carbonyl (C=O) groups is 2. The van der Waals surface area contributed by atoms with Gasteiger partial charge in [0.1, 0.15) is 0 Å². The molecule has 1 aliphatic carbocycles. The summed E-state index contributed by atoms with van der Waals surface area (Å²) in [5.74, 6) is -0.0548. The second kappa shape index (κ2) is 8.03. The molecule has 2 aliphatic rings. The predicted octanol–water partition coefficient (Wildman–Crippen LogP) is 5.46. The zero-order valence-electron chi connectivity index (χ0n) is 16.1. The number of allylic oxidation sites excluding steroid dienone is 2. The summed E-state index contributed by atoms with van der Waals surface area (Å²) >= 11 is 0. The maximum atomic E-state index is 13.4. The van der Waals surface area contributed by atoms with Crippen LogP contribution in [0.3, 0.4) is 0 Å². The molecule has 1 aromatic rings. The summed E-state index contributed by atoms with van der Waals surface area (Å²) in [6.07, 6.45) is 12.2. The summed E-state index contributed by atoms with van der Waals surface area (Å²) in [5, 5.41) is 0. The first-order chi connectivity index (χ1) is 12.6. The van der Waals surface area contributed by atoms with Crippen LogP contribution in [0, 0.1) is 5.92 Å². The summed E-state index contributed by atoms with van der Waals surface area (Å²) in [7, 11) is 0. The highest BCUT2D eigenvalue weighted by Crippen LogP contribution is 2.37. The van der Waals surface area contributed by atoms with Crippen molar-refractivity contribution in [3.8, 4) is 0 Å². The summed E-state index contributed by atoms with van der Waals surface area (Å²) in [6.45, 7) is 6.38. The van der Waals surface area contributed by atoms with E-state index in [1.807, 2.05) is 30.4 Å². The van der Waals surface area contributed by atoms with Gasteiger partial charge in [0.05, 0.1) is 0 Å². The highest BCUT2D eigenvalue weighted by atomic mass is 16.2. The molecule has 3 heteroatoms. The van der Waals surface area contributed by atoms with Crippen LogP contribution in [0.1, 0.15) is 80.8 Å². The topological polar surface area (TPSA) is 37.4 Å². The average molecular weight is 351 g/mol. The van der Waals surface area contributed by atoms with Crippen LogP contribution in [0.25, 0.3) is 11.6 Å². The molecule has 3 nitrogen and oxygen atoms in total. The van der Waals surface area contributed by atoms with Crippen LogP contribution in [0.4, 0.5) is 0 Å². The minimum absolute atomic E-state index is 0.000811. The van der Waals surface area contributed by atoms with E-state index in [9.17, 15) is 9.59 Å². The number of carbonyl (C=O) groups excluding carboxylic acids is 2. The summed E-state index contributed by atoms with van der Waals surface area (Å²) in [6, 6.07) is 5.78. The third-order valence-corrected chi connectivity index (χ3v) is 5.42. The van der Waals surface area contributed by atoms with E-state index < -0.39 is 0 Å². The molecule has 1 aromatic carbocycles. The molecule has 26 heavy (non-hydrogen) atoms. The van der Waals surface area contributed by atoms with E-state index in [1.54, 1.807) is 4.90 Å². The third-order valence-electron chi connectivity index (χ3n) is 5.42. The second-order valence-electron chi connectivity index (χ2n) is 7.49. The molecular formula is C23H29NO2. The standard InChI is InChI=1S/C23H29NO2/c1-4-6-10-18(11-7-5-2)24-22(25)19-12-8-9-17-14-13-16(3)15-20(21(17)19)23(24)26/h8-9,12-16,18H,4-7,10-11H2,1-3H3. The van der Waals surface area contributed by atoms with Crippen molar-refractivity contribution in [2.75, 3.05) is 0 Å². The summed E-state index contributed by atoms with van der Waals surface area (Å²) in [5.41, 5.74) is 3.16. The molecule has 3 rings (SSSR count). The van der Waals surface area contributed by atoms with Gasteiger partial charge in [0, 0.05) is 22.7 Å². The highest BCUT2D eigenvalue weighted by Gasteiger charge is 2.39. The fourth-order valence-electron chi connectivity index (χ4n) is 3.99. The highest BCUT2D eigenvalue weighted by molar-refractivity contribution is 6.32. The van der Waals surface area contributed by atoms with E-state index in [2.05, 4.69) is 26.8 Å². The zero-order valence-corrected chi connectivity index (χ0v) is 16.1. The molecule has 0 spiro atoms. The van der Waals surface area contributed by atoms with Gasteiger partial charge in [-0.2, -0.15) is 0 Å². The van der Waals surface area contributed by atoms with Gasteiger partial charge in [0.2, 0.25) is 0 Å². The van der Waals surface area contributed by atoms with Crippen LogP contribution >= 0.6 is 0 Å². The van der Waals surface area contributed by atoms with Crippen molar-refractivity contribution in [2.45, 2.75) is 65.3 Å². The Morgan fingerprint density at radius 1 is 1.04 bits per heavy atom. The Morgan fingerprint density at radius 2 is 1.73 bits per heavy atom. The number of hydrogen-bond acceptors (Lipinski definition) is 2. The van der Waals surface area contributed by atoms with Gasteiger partial charge < -0.3 is 0 Å². The fraction of sp³-hybridized carbons (Fsp3) is 0.478. The second-order valence-corrected chi connectivity index (χ2v) is 7.49. The molecule has 0 radical (unpaired) electrons. The maximum absolute atomic E-state index is 13.4. The van der Waals surface area contributed by atoms with Crippen molar-refractivity contribution >= 4 is 23.5 Å². The molecule has 2 amide bonds. The number of benzene rings is 1. The van der Waals surface area contributed by atoms with Gasteiger partial charge in [-0.3, -0.25) is 14.5 Å². The molecule has 1 unspecified atom stereocenters. The lowest BCUT2D eigenvalue weighted by Gasteiger charge is -2.35. The van der Waals surface area contributed by atoms with Crippen LogP contribution in [0.15, 0.2) is 30.4 Å². The Morgan fingerprint density at radius 3 is 2.38 bits per heavy atom. The number of imide groups is 1. The molecule has 0 bridgehead atoms. The molecule has 1 heterocycles. The zero-order chi connectivity index (χ0) is 18.7. The van der Waals surface area contributed by atoms with Gasteiger partial charge in [0.15, 0.2) is 0 Å². The van der Waals surface area contributed by atoms with Gasteiger partial charge >= 0.3 is 0 Å². The normalized spacial score (nSPS) is 18.8. The number of rotatable bonds is 7. The third kappa shape index (κ3) is 3.40. The van der Waals surface area contributed by atoms with Gasteiger partial charge in [-0.1, -0.05) is 76.8 Å². The maximum Gasteiger partial charge on any atom is 0.261 e. The molecular weight excluding hydrogens is 322 g/mol. The van der Waals surface area contributed by atoms with Gasteiger partial charge in [0.25, 0.3) is 11.8 Å². The SMILES string of the molecule is CCCCC(CCCC)N1C(=O)C2=CC(C)C=Cc3cccc(c32)C1=O. The fourth-order valence-corrected chi connectivity index (χ4v) is 3.99. The minimum atomic E-state index is -0.121. The van der Waals surface area contributed by atoms with E-state index >= 15 is 0 Å². The van der Waals surface area contributed by atoms with Crippen LogP contribution in [-0.4, -0.2) is 22.8 Å². The van der Waals surface area contributed by atoms with Gasteiger partial charge in [-0.15, -0.1) is 0 Å². The van der Waals surface area contributed by atoms with Crippen molar-refractivity contribution in [3.63, 3.8) is 0 Å². The first-order valence-corrected chi connectivity index (χ1v) is 9.99. The molecule has 1 atom stereocenters. The largest absolute Gasteiger partial charge is 0.271 e. The number of hydrogen-bond donors (Lipinski definition) is 0. The molecule has 1 aliphatic heterocycles. The van der Waals surface area contributed by atoms with Crippen molar-refractivity contribution < 1.29 is 9.59 Å². The Kier molecular flexibility index (Phi) is 5.75. The van der Waals surface area contributed by atoms with Crippen LogP contribution in [0.2, 0.25) is 0 Å². The lowest BCUT2D eigenvalue weighted by atomic mass is 9.87. The molecule has 138 valence electrons. The van der Waals surface area contributed by atoms with Crippen LogP contribution in [0.5, 0.6) is 0 Å². The van der Waals surface area contributed by atoms with Crippen LogP contribution in [-0.2, 0) is 4.79 Å². The van der Waals surface area contributed by atoms with Crippen molar-refractivity contribution in [1.29, 1.82) is 0 Å². The number of unbranched alkanes of at least 4 members (excludes halogenated alkanes) is 2. The number of nitrogens with zero attached hydrogens (tertiary/aromatic N) is 1. The smallest absolute Gasteiger partial charge is 0.261 e. The lowest BCUT2D eigenvalue weighted by molar-refractivity contribution is -0.125. The van der Waals surface area contributed by atoms with Crippen molar-refractivity contribution in [2.24, 2.45) is 5.92 Å². The Balaban J connectivity index is 2.07. The summed E-state index contributed by atoms with van der Waals surface area (Å²) in [4.78, 5) is 28.2. The molecule has 0 fully saturated rings. The molecule has 0 saturated heterocycles. The van der Waals surface area contributed by atoms with Crippen molar-refractivity contribution in [3.05, 3.63) is 47.0 Å². The summed E-state index contributed by atoms with van der Waals surface area (Å²) < 4.78 is 0. The minimum Gasteiger partial charge on any atom is -0.271 e. The van der Waals surface area contributed by atoms with Gasteiger partial charge in [-0.05, 0) is 30.4 Å². The molecule has 0 aromatic heterocycles. The Hall–Kier alpha value is -2.16. The van der Waals surface area contributed by atoms with E-state index in [0.717, 1.165) is 49.7 Å².